The van der Waals surface area contributed by atoms with Crippen LogP contribution in [0.25, 0.3) is 0 Å². The number of aromatic nitrogens is 2. The van der Waals surface area contributed by atoms with Crippen molar-refractivity contribution in [2.75, 3.05) is 0 Å². The Morgan fingerprint density at radius 1 is 1.37 bits per heavy atom. The van der Waals surface area contributed by atoms with Crippen LogP contribution in [0.4, 0.5) is 0 Å². The number of hydrogen-bond acceptors (Lipinski definition) is 2. The molecule has 108 valence electrons. The van der Waals surface area contributed by atoms with Gasteiger partial charge in [-0.2, -0.15) is 5.10 Å². The van der Waals surface area contributed by atoms with Crippen molar-refractivity contribution < 1.29 is 0 Å². The van der Waals surface area contributed by atoms with Crippen molar-refractivity contribution in [3.05, 3.63) is 15.9 Å². The fourth-order valence-electron chi connectivity index (χ4n) is 3.22. The molecule has 0 saturated heterocycles. The zero-order valence-corrected chi connectivity index (χ0v) is 14.0. The minimum absolute atomic E-state index is 0.234. The van der Waals surface area contributed by atoms with Crippen LogP contribution < -0.4 is 5.73 Å². The van der Waals surface area contributed by atoms with Crippen molar-refractivity contribution in [3.8, 4) is 0 Å². The Morgan fingerprint density at radius 2 is 2.00 bits per heavy atom. The second-order valence-electron chi connectivity index (χ2n) is 6.05. The van der Waals surface area contributed by atoms with Gasteiger partial charge < -0.3 is 5.73 Å². The van der Waals surface area contributed by atoms with Gasteiger partial charge in [-0.15, -0.1) is 0 Å². The lowest BCUT2D eigenvalue weighted by molar-refractivity contribution is 0.257. The third kappa shape index (κ3) is 2.89. The van der Waals surface area contributed by atoms with Gasteiger partial charge in [0.05, 0.1) is 15.9 Å². The van der Waals surface area contributed by atoms with Gasteiger partial charge in [0.1, 0.15) is 0 Å². The molecule has 1 aromatic heterocycles. The monoisotopic (exact) mass is 327 g/mol. The summed E-state index contributed by atoms with van der Waals surface area (Å²) >= 11 is 3.72. The molecule has 2 N–H and O–H groups in total. The molecule has 19 heavy (non-hydrogen) atoms. The molecule has 0 amide bonds. The topological polar surface area (TPSA) is 43.8 Å². The molecule has 0 radical (unpaired) electrons. The predicted octanol–water partition coefficient (Wildman–Crippen LogP) is 3.68. The Labute approximate surface area is 125 Å². The SMILES string of the molecule is CCc1nn(CC)c(CC(N)C2(C)CCCC2)c1Br. The van der Waals surface area contributed by atoms with Crippen LogP contribution in [0.15, 0.2) is 4.47 Å². The number of hydrogen-bond donors (Lipinski definition) is 1. The summed E-state index contributed by atoms with van der Waals surface area (Å²) < 4.78 is 3.29. The van der Waals surface area contributed by atoms with Gasteiger partial charge in [-0.3, -0.25) is 4.68 Å². The van der Waals surface area contributed by atoms with Gasteiger partial charge in [-0.1, -0.05) is 26.7 Å². The molecule has 0 bridgehead atoms. The summed E-state index contributed by atoms with van der Waals surface area (Å²) in [6.07, 6.45) is 7.10. The van der Waals surface area contributed by atoms with Crippen LogP contribution >= 0.6 is 15.9 Å². The van der Waals surface area contributed by atoms with Crippen LogP contribution in [-0.4, -0.2) is 15.8 Å². The Bertz CT molecular complexity index is 433. The minimum Gasteiger partial charge on any atom is -0.327 e. The van der Waals surface area contributed by atoms with E-state index in [0.29, 0.717) is 5.41 Å². The van der Waals surface area contributed by atoms with Gasteiger partial charge >= 0.3 is 0 Å². The summed E-state index contributed by atoms with van der Waals surface area (Å²) in [5, 5.41) is 4.66. The van der Waals surface area contributed by atoms with E-state index in [9.17, 15) is 0 Å². The van der Waals surface area contributed by atoms with E-state index in [1.165, 1.54) is 35.8 Å². The first-order valence-corrected chi connectivity index (χ1v) is 8.30. The Hall–Kier alpha value is -0.350. The van der Waals surface area contributed by atoms with Crippen molar-refractivity contribution in [1.29, 1.82) is 0 Å². The number of nitrogens with zero attached hydrogens (tertiary/aromatic N) is 2. The van der Waals surface area contributed by atoms with E-state index in [0.717, 1.165) is 25.1 Å². The van der Waals surface area contributed by atoms with E-state index in [2.05, 4.69) is 46.5 Å². The fourth-order valence-corrected chi connectivity index (χ4v) is 3.95. The molecule has 2 rings (SSSR count). The molecule has 1 saturated carbocycles. The van der Waals surface area contributed by atoms with Crippen molar-refractivity contribution in [3.63, 3.8) is 0 Å². The lowest BCUT2D eigenvalue weighted by Crippen LogP contribution is -2.40. The number of rotatable bonds is 5. The molecule has 1 aromatic rings. The molecule has 1 heterocycles. The largest absolute Gasteiger partial charge is 0.327 e. The van der Waals surface area contributed by atoms with Gasteiger partial charge in [0.2, 0.25) is 0 Å². The fraction of sp³-hybridized carbons (Fsp3) is 0.800. The standard InChI is InChI=1S/C15H26BrN3/c1-4-11-14(16)12(19(5-2)18-11)10-13(17)15(3)8-6-7-9-15/h13H,4-10,17H2,1-3H3. The first-order chi connectivity index (χ1) is 9.01. The van der Waals surface area contributed by atoms with E-state index in [1.54, 1.807) is 0 Å². The second-order valence-corrected chi connectivity index (χ2v) is 6.84. The molecule has 0 aromatic carbocycles. The average molecular weight is 328 g/mol. The Kier molecular flexibility index (Phi) is 4.72. The van der Waals surface area contributed by atoms with Crippen LogP contribution in [0.2, 0.25) is 0 Å². The van der Waals surface area contributed by atoms with Crippen LogP contribution in [0.1, 0.15) is 57.8 Å². The third-order valence-electron chi connectivity index (χ3n) is 4.75. The van der Waals surface area contributed by atoms with Crippen LogP contribution in [0.5, 0.6) is 0 Å². The number of halogens is 1. The first-order valence-electron chi connectivity index (χ1n) is 7.51. The van der Waals surface area contributed by atoms with Gasteiger partial charge in [0.25, 0.3) is 0 Å². The maximum absolute atomic E-state index is 6.53. The van der Waals surface area contributed by atoms with E-state index >= 15 is 0 Å². The Morgan fingerprint density at radius 3 is 2.53 bits per heavy atom. The summed E-state index contributed by atoms with van der Waals surface area (Å²) in [5.74, 6) is 0. The average Bonchev–Trinajstić information content (AvgIpc) is 2.96. The summed E-state index contributed by atoms with van der Waals surface area (Å²) in [4.78, 5) is 0. The summed E-state index contributed by atoms with van der Waals surface area (Å²) in [5.41, 5.74) is 9.27. The molecule has 0 spiro atoms. The van der Waals surface area contributed by atoms with Crippen LogP contribution in [-0.2, 0) is 19.4 Å². The highest BCUT2D eigenvalue weighted by atomic mass is 79.9. The molecule has 1 atom stereocenters. The molecule has 3 nitrogen and oxygen atoms in total. The normalized spacial score (nSPS) is 19.8. The van der Waals surface area contributed by atoms with Crippen LogP contribution in [0, 0.1) is 5.41 Å². The molecule has 4 heteroatoms. The Balaban J connectivity index is 2.20. The zero-order valence-electron chi connectivity index (χ0n) is 12.4. The van der Waals surface area contributed by atoms with Crippen molar-refractivity contribution in [2.24, 2.45) is 11.1 Å². The smallest absolute Gasteiger partial charge is 0.0766 e. The lowest BCUT2D eigenvalue weighted by atomic mass is 9.79. The highest BCUT2D eigenvalue weighted by molar-refractivity contribution is 9.10. The molecule has 1 unspecified atom stereocenters. The van der Waals surface area contributed by atoms with Gasteiger partial charge in [0.15, 0.2) is 0 Å². The molecule has 0 aliphatic heterocycles. The van der Waals surface area contributed by atoms with Crippen LogP contribution in [0.3, 0.4) is 0 Å². The van der Waals surface area contributed by atoms with E-state index in [-0.39, 0.29) is 6.04 Å². The summed E-state index contributed by atoms with van der Waals surface area (Å²) in [6.45, 7) is 7.56. The van der Waals surface area contributed by atoms with E-state index < -0.39 is 0 Å². The van der Waals surface area contributed by atoms with Crippen molar-refractivity contribution in [1.82, 2.24) is 9.78 Å². The highest BCUT2D eigenvalue weighted by Gasteiger charge is 2.35. The predicted molar refractivity (Wildman–Crippen MR) is 83.2 cm³/mol. The van der Waals surface area contributed by atoms with Crippen molar-refractivity contribution in [2.45, 2.75) is 71.9 Å². The van der Waals surface area contributed by atoms with Crippen molar-refractivity contribution >= 4 is 15.9 Å². The van der Waals surface area contributed by atoms with Gasteiger partial charge in [-0.05, 0) is 47.5 Å². The first kappa shape index (κ1) is 15.0. The summed E-state index contributed by atoms with van der Waals surface area (Å²) in [7, 11) is 0. The highest BCUT2D eigenvalue weighted by Crippen LogP contribution is 2.41. The number of nitrogens with two attached hydrogens (primary N) is 1. The molecular formula is C15H26BrN3. The molecule has 1 aliphatic carbocycles. The summed E-state index contributed by atoms with van der Waals surface area (Å²) in [6, 6.07) is 0.234. The number of aryl methyl sites for hydroxylation is 2. The zero-order chi connectivity index (χ0) is 14.0. The maximum atomic E-state index is 6.53. The van der Waals surface area contributed by atoms with Gasteiger partial charge in [0, 0.05) is 19.0 Å². The third-order valence-corrected chi connectivity index (χ3v) is 5.66. The van der Waals surface area contributed by atoms with E-state index in [1.807, 2.05) is 0 Å². The van der Waals surface area contributed by atoms with Gasteiger partial charge in [-0.25, -0.2) is 0 Å². The maximum Gasteiger partial charge on any atom is 0.0766 e. The molecular weight excluding hydrogens is 302 g/mol. The molecule has 1 aliphatic rings. The van der Waals surface area contributed by atoms with E-state index in [4.69, 9.17) is 5.73 Å². The quantitative estimate of drug-likeness (QED) is 0.896. The minimum atomic E-state index is 0.234. The lowest BCUT2D eigenvalue weighted by Gasteiger charge is -2.31. The molecule has 1 fully saturated rings. The second kappa shape index (κ2) is 5.96.